The van der Waals surface area contributed by atoms with Crippen LogP contribution in [-0.2, 0) is 0 Å². The maximum Gasteiger partial charge on any atom is 0.0992 e. The Morgan fingerprint density at radius 3 is 1.72 bits per heavy atom. The molecule has 9 rings (SSSR count). The van der Waals surface area contributed by atoms with Crippen LogP contribution in [-0.4, -0.2) is 9.13 Å². The molecule has 232 valence electrons. The molecule has 0 fully saturated rings. The van der Waals surface area contributed by atoms with Gasteiger partial charge >= 0.3 is 0 Å². The van der Waals surface area contributed by atoms with Crippen molar-refractivity contribution in [2.45, 2.75) is 12.3 Å². The van der Waals surface area contributed by atoms with E-state index in [1.165, 1.54) is 11.3 Å². The van der Waals surface area contributed by atoms with Crippen LogP contribution in [0.25, 0.3) is 66.1 Å². The normalized spacial score (nSPS) is 14.1. The van der Waals surface area contributed by atoms with Crippen LogP contribution < -0.4 is 0 Å². The molecule has 0 saturated heterocycles. The Labute approximate surface area is 288 Å². The molecule has 0 spiro atoms. The standard InChI is InChI=1S/C45H27N5/c46-26-29-17-20-43-39(22-29)36-12-3-5-14-41(36)49(43)33-9-7-8-32(25-33)34-10-1-2-11-35(34)38-19-16-31(28-48)24-45(38)50-42-15-6-4-13-37(42)40-23-30(27-47)18-21-44(40)50/h1-24,32H,25H2. The highest BCUT2D eigenvalue weighted by atomic mass is 15.0. The molecule has 2 aromatic heterocycles. The highest BCUT2D eigenvalue weighted by Gasteiger charge is 2.24. The van der Waals surface area contributed by atoms with Crippen LogP contribution in [0.5, 0.6) is 0 Å². The van der Waals surface area contributed by atoms with Gasteiger partial charge in [-0.15, -0.1) is 0 Å². The average Bonchev–Trinajstić information content (AvgIpc) is 3.69. The van der Waals surface area contributed by atoms with E-state index in [1.807, 2.05) is 60.7 Å². The number of nitriles is 3. The first kappa shape index (κ1) is 29.0. The first-order valence-corrected chi connectivity index (χ1v) is 16.5. The van der Waals surface area contributed by atoms with Crippen LogP contribution in [0.15, 0.2) is 146 Å². The van der Waals surface area contributed by atoms with Gasteiger partial charge in [-0.3, -0.25) is 0 Å². The van der Waals surface area contributed by atoms with Crippen LogP contribution in [0.2, 0.25) is 0 Å². The number of hydrogen-bond acceptors (Lipinski definition) is 3. The zero-order valence-electron chi connectivity index (χ0n) is 26.9. The second-order valence-corrected chi connectivity index (χ2v) is 12.7. The highest BCUT2D eigenvalue weighted by Crippen LogP contribution is 2.43. The lowest BCUT2D eigenvalue weighted by molar-refractivity contribution is 0.838. The van der Waals surface area contributed by atoms with Crippen molar-refractivity contribution in [3.05, 3.63) is 168 Å². The van der Waals surface area contributed by atoms with Crippen molar-refractivity contribution in [3.8, 4) is 35.0 Å². The summed E-state index contributed by atoms with van der Waals surface area (Å²) in [5.74, 6) is 0.0839. The van der Waals surface area contributed by atoms with Gasteiger partial charge in [0.05, 0.1) is 62.7 Å². The van der Waals surface area contributed by atoms with E-state index < -0.39 is 0 Å². The molecule has 0 aliphatic heterocycles. The van der Waals surface area contributed by atoms with Crippen molar-refractivity contribution < 1.29 is 0 Å². The minimum absolute atomic E-state index is 0.0839. The fourth-order valence-electron chi connectivity index (χ4n) is 7.78. The lowest BCUT2D eigenvalue weighted by atomic mass is 9.85. The number of fused-ring (bicyclic) bond motifs is 6. The molecule has 8 aromatic rings. The number of nitrogens with zero attached hydrogens (tertiary/aromatic N) is 5. The minimum Gasteiger partial charge on any atom is -0.313 e. The highest BCUT2D eigenvalue weighted by molar-refractivity contribution is 6.11. The smallest absolute Gasteiger partial charge is 0.0992 e. The summed E-state index contributed by atoms with van der Waals surface area (Å²) in [6.45, 7) is 0. The molecular weight excluding hydrogens is 611 g/mol. The number of aromatic nitrogens is 2. The topological polar surface area (TPSA) is 81.2 Å². The lowest BCUT2D eigenvalue weighted by Gasteiger charge is -2.24. The number of rotatable bonds is 4. The molecule has 1 atom stereocenters. The van der Waals surface area contributed by atoms with Crippen LogP contribution in [0.4, 0.5) is 0 Å². The lowest BCUT2D eigenvalue weighted by Crippen LogP contribution is -2.08. The van der Waals surface area contributed by atoms with E-state index in [0.717, 1.165) is 66.8 Å². The molecule has 0 amide bonds. The van der Waals surface area contributed by atoms with Crippen LogP contribution >= 0.6 is 0 Å². The summed E-state index contributed by atoms with van der Waals surface area (Å²) in [6.07, 6.45) is 7.41. The Morgan fingerprint density at radius 1 is 0.500 bits per heavy atom. The summed E-state index contributed by atoms with van der Waals surface area (Å²) in [5, 5.41) is 33.6. The monoisotopic (exact) mass is 637 g/mol. The van der Waals surface area contributed by atoms with Gasteiger partial charge in [0.25, 0.3) is 0 Å². The summed E-state index contributed by atoms with van der Waals surface area (Å²) in [4.78, 5) is 0. The number of hydrogen-bond donors (Lipinski definition) is 0. The summed E-state index contributed by atoms with van der Waals surface area (Å²) < 4.78 is 4.57. The van der Waals surface area contributed by atoms with Crippen molar-refractivity contribution >= 4 is 49.3 Å². The van der Waals surface area contributed by atoms with Gasteiger partial charge in [-0.25, -0.2) is 0 Å². The number of para-hydroxylation sites is 2. The Bertz CT molecular complexity index is 2890. The molecule has 5 heteroatoms. The molecular formula is C45H27N5. The van der Waals surface area contributed by atoms with Crippen molar-refractivity contribution in [1.29, 1.82) is 15.8 Å². The predicted octanol–water partition coefficient (Wildman–Crippen LogP) is 10.8. The van der Waals surface area contributed by atoms with E-state index >= 15 is 0 Å². The van der Waals surface area contributed by atoms with Gasteiger partial charge in [-0.2, -0.15) is 15.8 Å². The molecule has 0 N–H and O–H groups in total. The van der Waals surface area contributed by atoms with Gasteiger partial charge in [-0.1, -0.05) is 78.9 Å². The fourth-order valence-corrected chi connectivity index (χ4v) is 7.78. The van der Waals surface area contributed by atoms with E-state index in [2.05, 4.69) is 112 Å². The van der Waals surface area contributed by atoms with Crippen LogP contribution in [0.3, 0.4) is 0 Å². The van der Waals surface area contributed by atoms with Crippen LogP contribution in [0.1, 0.15) is 34.6 Å². The summed E-state index contributed by atoms with van der Waals surface area (Å²) in [6, 6.07) is 49.9. The second kappa shape index (κ2) is 11.5. The first-order chi connectivity index (χ1) is 24.7. The minimum atomic E-state index is 0.0839. The summed E-state index contributed by atoms with van der Waals surface area (Å²) >= 11 is 0. The average molecular weight is 638 g/mol. The number of benzene rings is 6. The third-order valence-corrected chi connectivity index (χ3v) is 9.97. The fraction of sp³-hybridized carbons (Fsp3) is 0.0444. The van der Waals surface area contributed by atoms with E-state index in [9.17, 15) is 15.8 Å². The molecule has 1 aliphatic rings. The third kappa shape index (κ3) is 4.45. The Kier molecular flexibility index (Phi) is 6.70. The molecule has 0 radical (unpaired) electrons. The van der Waals surface area contributed by atoms with Gasteiger partial charge in [-0.05, 0) is 84.3 Å². The van der Waals surface area contributed by atoms with Crippen molar-refractivity contribution in [3.63, 3.8) is 0 Å². The molecule has 5 nitrogen and oxygen atoms in total. The van der Waals surface area contributed by atoms with E-state index in [1.54, 1.807) is 0 Å². The quantitative estimate of drug-likeness (QED) is 0.193. The summed E-state index contributed by atoms with van der Waals surface area (Å²) in [5.41, 5.74) is 11.4. The maximum atomic E-state index is 10.0. The molecule has 1 unspecified atom stereocenters. The molecule has 6 aromatic carbocycles. The zero-order chi connectivity index (χ0) is 33.8. The Balaban J connectivity index is 1.21. The third-order valence-electron chi connectivity index (χ3n) is 9.97. The van der Waals surface area contributed by atoms with E-state index in [-0.39, 0.29) is 5.92 Å². The molecule has 0 saturated carbocycles. The zero-order valence-corrected chi connectivity index (χ0v) is 26.9. The molecule has 2 heterocycles. The Morgan fingerprint density at radius 2 is 1.04 bits per heavy atom. The van der Waals surface area contributed by atoms with Gasteiger partial charge < -0.3 is 9.13 Å². The van der Waals surface area contributed by atoms with Gasteiger partial charge in [0.15, 0.2) is 0 Å². The molecule has 50 heavy (non-hydrogen) atoms. The SMILES string of the molecule is N#Cc1ccc(-c2ccccc2C2C=CC=C(n3c4ccccc4c4cc(C#N)ccc43)C2)c(-n2c3ccccc3c3cc(C#N)ccc32)c1. The van der Waals surface area contributed by atoms with E-state index in [0.29, 0.717) is 16.7 Å². The molecule has 1 aliphatic carbocycles. The van der Waals surface area contributed by atoms with Gasteiger partial charge in [0.1, 0.15) is 0 Å². The second-order valence-electron chi connectivity index (χ2n) is 12.7. The van der Waals surface area contributed by atoms with Crippen LogP contribution in [0, 0.1) is 34.0 Å². The van der Waals surface area contributed by atoms with Crippen molar-refractivity contribution in [2.75, 3.05) is 0 Å². The summed E-state index contributed by atoms with van der Waals surface area (Å²) in [7, 11) is 0. The largest absolute Gasteiger partial charge is 0.313 e. The predicted molar refractivity (Wildman–Crippen MR) is 201 cm³/mol. The Hall–Kier alpha value is -7.13. The maximum absolute atomic E-state index is 10.0. The first-order valence-electron chi connectivity index (χ1n) is 16.5. The van der Waals surface area contributed by atoms with E-state index in [4.69, 9.17) is 0 Å². The number of allylic oxidation sites excluding steroid dienone is 4. The van der Waals surface area contributed by atoms with Crippen molar-refractivity contribution in [1.82, 2.24) is 9.13 Å². The van der Waals surface area contributed by atoms with Crippen molar-refractivity contribution in [2.24, 2.45) is 0 Å². The van der Waals surface area contributed by atoms with Gasteiger partial charge in [0.2, 0.25) is 0 Å². The molecule has 0 bridgehead atoms. The van der Waals surface area contributed by atoms with Gasteiger partial charge in [0, 0.05) is 38.7 Å².